The number of carbonyl (C=O) groups excluding carboxylic acids is 1. The minimum atomic E-state index is -0.308. The number of hydrogen-bond donors (Lipinski definition) is 1. The number of benzene rings is 3. The zero-order chi connectivity index (χ0) is 22.2. The van der Waals surface area contributed by atoms with E-state index in [4.69, 9.17) is 11.6 Å². The lowest BCUT2D eigenvalue weighted by Crippen LogP contribution is -2.29. The normalized spacial score (nSPS) is 15.3. The maximum absolute atomic E-state index is 13.4. The highest BCUT2D eigenvalue weighted by Crippen LogP contribution is 2.43. The van der Waals surface area contributed by atoms with E-state index in [1.807, 2.05) is 29.2 Å². The van der Waals surface area contributed by atoms with Gasteiger partial charge in [0.1, 0.15) is 11.5 Å². The monoisotopic (exact) mass is 445 g/mol. The van der Waals surface area contributed by atoms with Gasteiger partial charge in [0, 0.05) is 22.7 Å². The van der Waals surface area contributed by atoms with Crippen molar-refractivity contribution in [2.45, 2.75) is 25.9 Å². The zero-order valence-electron chi connectivity index (χ0n) is 17.5. The van der Waals surface area contributed by atoms with Crippen LogP contribution in [0.3, 0.4) is 0 Å². The minimum absolute atomic E-state index is 0.124. The van der Waals surface area contributed by atoms with Crippen molar-refractivity contribution in [2.75, 3.05) is 0 Å². The Morgan fingerprint density at radius 1 is 0.969 bits per heavy atom. The van der Waals surface area contributed by atoms with Gasteiger partial charge >= 0.3 is 0 Å². The predicted octanol–water partition coefficient (Wildman–Crippen LogP) is 6.18. The lowest BCUT2D eigenvalue weighted by molar-refractivity contribution is 0.0730. The number of nitrogens with one attached hydrogen (secondary N) is 1. The van der Waals surface area contributed by atoms with Crippen LogP contribution in [-0.2, 0) is 13.0 Å². The van der Waals surface area contributed by atoms with E-state index < -0.39 is 0 Å². The molecule has 0 saturated carbocycles. The highest BCUT2D eigenvalue weighted by Gasteiger charge is 2.42. The third kappa shape index (κ3) is 3.59. The quantitative estimate of drug-likeness (QED) is 0.399. The molecule has 1 N–H and O–H groups in total. The molecular weight excluding hydrogens is 425 g/mol. The lowest BCUT2D eigenvalue weighted by Gasteiger charge is -2.26. The molecule has 6 heteroatoms. The summed E-state index contributed by atoms with van der Waals surface area (Å²) < 4.78 is 13.4. The summed E-state index contributed by atoms with van der Waals surface area (Å²) in [4.78, 5) is 15.2. The van der Waals surface area contributed by atoms with Crippen LogP contribution < -0.4 is 0 Å². The fourth-order valence-corrected chi connectivity index (χ4v) is 4.38. The average molecular weight is 446 g/mol. The van der Waals surface area contributed by atoms with Gasteiger partial charge in [-0.15, -0.1) is 0 Å². The maximum Gasteiger partial charge on any atom is 0.273 e. The summed E-state index contributed by atoms with van der Waals surface area (Å²) in [6, 6.07) is 21.7. The van der Waals surface area contributed by atoms with Crippen molar-refractivity contribution in [3.05, 3.63) is 112 Å². The van der Waals surface area contributed by atoms with Crippen molar-refractivity contribution in [2.24, 2.45) is 0 Å². The van der Waals surface area contributed by atoms with Crippen molar-refractivity contribution in [1.82, 2.24) is 15.1 Å². The number of amides is 1. The molecular formula is C26H21ClFN3O. The number of hydrogen-bond acceptors (Lipinski definition) is 2. The van der Waals surface area contributed by atoms with Gasteiger partial charge in [-0.25, -0.2) is 4.39 Å². The second-order valence-electron chi connectivity index (χ2n) is 7.92. The van der Waals surface area contributed by atoms with E-state index in [-0.39, 0.29) is 17.8 Å². The second kappa shape index (κ2) is 8.24. The molecule has 0 aliphatic carbocycles. The Hall–Kier alpha value is -3.44. The van der Waals surface area contributed by atoms with Crippen molar-refractivity contribution < 1.29 is 9.18 Å². The van der Waals surface area contributed by atoms with Crippen LogP contribution in [0.15, 0.2) is 72.8 Å². The first-order valence-corrected chi connectivity index (χ1v) is 10.9. The molecule has 0 radical (unpaired) electrons. The first-order valence-electron chi connectivity index (χ1n) is 10.5. The number of carbonyl (C=O) groups is 1. The summed E-state index contributed by atoms with van der Waals surface area (Å²) in [5, 5.41) is 8.09. The number of rotatable bonds is 5. The van der Waals surface area contributed by atoms with Crippen molar-refractivity contribution >= 4 is 17.5 Å². The SMILES string of the molecule is CCc1ccc(C2c3c(-c4ccc(Cl)cc4)n[nH]c3C(=O)N2Cc2ccc(F)cc2)cc1. The van der Waals surface area contributed by atoms with E-state index in [1.165, 1.54) is 17.7 Å². The molecule has 1 aromatic heterocycles. The Bertz CT molecular complexity index is 1260. The molecule has 0 saturated heterocycles. The molecule has 0 fully saturated rings. The van der Waals surface area contributed by atoms with E-state index in [9.17, 15) is 9.18 Å². The number of nitrogens with zero attached hydrogens (tertiary/aromatic N) is 2. The van der Waals surface area contributed by atoms with Crippen LogP contribution in [0.25, 0.3) is 11.3 Å². The van der Waals surface area contributed by atoms with E-state index in [0.717, 1.165) is 34.4 Å². The fourth-order valence-electron chi connectivity index (χ4n) is 4.26. The largest absolute Gasteiger partial charge is 0.322 e. The van der Waals surface area contributed by atoms with E-state index in [2.05, 4.69) is 41.4 Å². The topological polar surface area (TPSA) is 49.0 Å². The maximum atomic E-state index is 13.4. The molecule has 5 rings (SSSR count). The Morgan fingerprint density at radius 2 is 1.62 bits per heavy atom. The van der Waals surface area contributed by atoms with Crippen molar-refractivity contribution in [3.63, 3.8) is 0 Å². The Balaban J connectivity index is 1.62. The van der Waals surface area contributed by atoms with Crippen LogP contribution in [0.2, 0.25) is 5.02 Å². The third-order valence-electron chi connectivity index (χ3n) is 5.95. The zero-order valence-corrected chi connectivity index (χ0v) is 18.2. The van der Waals surface area contributed by atoms with E-state index >= 15 is 0 Å². The van der Waals surface area contributed by atoms with Gasteiger partial charge in [0.25, 0.3) is 5.91 Å². The van der Waals surface area contributed by atoms with Gasteiger partial charge in [-0.05, 0) is 47.4 Å². The molecule has 32 heavy (non-hydrogen) atoms. The van der Waals surface area contributed by atoms with Gasteiger partial charge in [-0.3, -0.25) is 9.89 Å². The van der Waals surface area contributed by atoms with Crippen LogP contribution in [0, 0.1) is 5.82 Å². The average Bonchev–Trinajstić information content (AvgIpc) is 3.35. The number of aryl methyl sites for hydroxylation is 1. The Labute approximate surface area is 190 Å². The van der Waals surface area contributed by atoms with Crippen molar-refractivity contribution in [3.8, 4) is 11.3 Å². The van der Waals surface area contributed by atoms with E-state index in [0.29, 0.717) is 17.3 Å². The summed E-state index contributed by atoms with van der Waals surface area (Å²) >= 11 is 6.07. The second-order valence-corrected chi connectivity index (χ2v) is 8.36. The Morgan fingerprint density at radius 3 is 2.28 bits per heavy atom. The summed E-state index contributed by atoms with van der Waals surface area (Å²) in [7, 11) is 0. The third-order valence-corrected chi connectivity index (χ3v) is 6.20. The molecule has 3 aromatic carbocycles. The van der Waals surface area contributed by atoms with Crippen LogP contribution in [0.4, 0.5) is 4.39 Å². The molecule has 0 spiro atoms. The van der Waals surface area contributed by atoms with Gasteiger partial charge in [-0.1, -0.05) is 67.1 Å². The molecule has 1 amide bonds. The molecule has 4 nitrogen and oxygen atoms in total. The molecule has 1 atom stereocenters. The number of aromatic nitrogens is 2. The number of H-pyrrole nitrogens is 1. The molecule has 0 bridgehead atoms. The minimum Gasteiger partial charge on any atom is -0.322 e. The van der Waals surface area contributed by atoms with Gasteiger partial charge in [-0.2, -0.15) is 5.10 Å². The summed E-state index contributed by atoms with van der Waals surface area (Å²) in [5.74, 6) is -0.422. The van der Waals surface area contributed by atoms with E-state index in [1.54, 1.807) is 12.1 Å². The first kappa shape index (κ1) is 20.5. The summed E-state index contributed by atoms with van der Waals surface area (Å²) in [6.07, 6.45) is 0.941. The smallest absolute Gasteiger partial charge is 0.273 e. The van der Waals surface area contributed by atoms with Crippen LogP contribution in [-0.4, -0.2) is 21.0 Å². The van der Waals surface area contributed by atoms with Gasteiger partial charge in [0.15, 0.2) is 0 Å². The molecule has 1 aliphatic rings. The highest BCUT2D eigenvalue weighted by atomic mass is 35.5. The lowest BCUT2D eigenvalue weighted by atomic mass is 9.95. The standard InChI is InChI=1S/C26H21ClFN3O/c1-2-16-3-7-19(8-4-16)25-22-23(18-9-11-20(27)12-10-18)29-30-24(22)26(32)31(25)15-17-5-13-21(28)14-6-17/h3-14,25H,2,15H2,1H3,(H,29,30). The molecule has 4 aromatic rings. The van der Waals surface area contributed by atoms with Crippen molar-refractivity contribution in [1.29, 1.82) is 0 Å². The molecule has 1 unspecified atom stereocenters. The number of halogens is 2. The molecule has 1 aliphatic heterocycles. The first-order chi connectivity index (χ1) is 15.5. The van der Waals surface area contributed by atoms with Crippen LogP contribution in [0.5, 0.6) is 0 Å². The van der Waals surface area contributed by atoms with Crippen LogP contribution >= 0.6 is 11.6 Å². The number of fused-ring (bicyclic) bond motifs is 1. The Kier molecular flexibility index (Phi) is 5.27. The van der Waals surface area contributed by atoms with Crippen LogP contribution in [0.1, 0.15) is 45.7 Å². The van der Waals surface area contributed by atoms with Gasteiger partial charge in [0.2, 0.25) is 0 Å². The number of aromatic amines is 1. The molecule has 160 valence electrons. The van der Waals surface area contributed by atoms with Gasteiger partial charge in [0.05, 0.1) is 11.7 Å². The predicted molar refractivity (Wildman–Crippen MR) is 123 cm³/mol. The fraction of sp³-hybridized carbons (Fsp3) is 0.154. The highest BCUT2D eigenvalue weighted by molar-refractivity contribution is 6.30. The summed E-state index contributed by atoms with van der Waals surface area (Å²) in [6.45, 7) is 2.48. The van der Waals surface area contributed by atoms with Gasteiger partial charge < -0.3 is 4.90 Å². The molecule has 2 heterocycles. The summed E-state index contributed by atoms with van der Waals surface area (Å²) in [5.41, 5.74) is 6.06.